The second kappa shape index (κ2) is 7.51. The van der Waals surface area contributed by atoms with Gasteiger partial charge in [-0.3, -0.25) is 19.1 Å². The lowest BCUT2D eigenvalue weighted by Crippen LogP contribution is -2.38. The van der Waals surface area contributed by atoms with Crippen molar-refractivity contribution in [3.8, 4) is 11.3 Å². The molecule has 3 atom stereocenters. The van der Waals surface area contributed by atoms with Crippen LogP contribution < -0.4 is 10.5 Å². The van der Waals surface area contributed by atoms with Crippen molar-refractivity contribution in [1.29, 1.82) is 0 Å². The molecule has 7 nitrogen and oxygen atoms in total. The summed E-state index contributed by atoms with van der Waals surface area (Å²) in [5.41, 5.74) is 0.661. The Morgan fingerprint density at radius 2 is 1.81 bits per heavy atom. The normalized spacial score (nSPS) is 21.4. The van der Waals surface area contributed by atoms with Crippen molar-refractivity contribution in [2.45, 2.75) is 6.04 Å². The number of amides is 1. The molecule has 0 spiro atoms. The Bertz CT molecular complexity index is 1250. The second-order valence-corrected chi connectivity index (χ2v) is 8.34. The lowest BCUT2D eigenvalue weighted by Gasteiger charge is -2.26. The van der Waals surface area contributed by atoms with E-state index in [9.17, 15) is 18.4 Å². The van der Waals surface area contributed by atoms with Crippen LogP contribution in [0.1, 0.15) is 10.4 Å². The first-order valence-electron chi connectivity index (χ1n) is 10.3. The summed E-state index contributed by atoms with van der Waals surface area (Å²) in [6.45, 7) is 1.17. The summed E-state index contributed by atoms with van der Waals surface area (Å²) in [4.78, 5) is 37.3. The van der Waals surface area contributed by atoms with Crippen molar-refractivity contribution in [3.05, 3.63) is 76.3 Å². The highest BCUT2D eigenvalue weighted by Crippen LogP contribution is 2.49. The molecule has 2 fully saturated rings. The van der Waals surface area contributed by atoms with E-state index in [4.69, 9.17) is 0 Å². The lowest BCUT2D eigenvalue weighted by atomic mass is 10.2. The zero-order valence-electron chi connectivity index (χ0n) is 17.6. The number of piperidine rings is 1. The fourth-order valence-corrected chi connectivity index (χ4v) is 4.71. The standard InChI is InChI=1S/C23H21F2N5O2/c1-28-20(31)9-19(15-7-8-26-10-18(15)25)27-23(28)29(2)21-16-11-30(12-17(16)21)22(32)13-3-5-14(24)6-4-13/h3-10,16-17,21H,11-12H2,1-2H3/t16-,17+,21+. The Hall–Kier alpha value is -3.62. The number of halogens is 2. The van der Waals surface area contributed by atoms with E-state index in [-0.39, 0.29) is 46.4 Å². The van der Waals surface area contributed by atoms with E-state index >= 15 is 0 Å². The van der Waals surface area contributed by atoms with Crippen molar-refractivity contribution in [3.63, 3.8) is 0 Å². The van der Waals surface area contributed by atoms with Crippen LogP contribution in [0.2, 0.25) is 0 Å². The van der Waals surface area contributed by atoms with E-state index in [1.807, 2.05) is 11.9 Å². The average molecular weight is 437 g/mol. The fourth-order valence-electron chi connectivity index (χ4n) is 4.71. The highest BCUT2D eigenvalue weighted by Gasteiger charge is 2.59. The van der Waals surface area contributed by atoms with Crippen LogP contribution in [-0.2, 0) is 7.05 Å². The van der Waals surface area contributed by atoms with E-state index in [1.165, 1.54) is 47.2 Å². The molecule has 0 bridgehead atoms. The predicted molar refractivity (Wildman–Crippen MR) is 114 cm³/mol. The number of likely N-dealkylation sites (tertiary alicyclic amines) is 1. The monoisotopic (exact) mass is 437 g/mol. The summed E-state index contributed by atoms with van der Waals surface area (Å²) >= 11 is 0. The minimum Gasteiger partial charge on any atom is -0.342 e. The quantitative estimate of drug-likeness (QED) is 0.627. The van der Waals surface area contributed by atoms with Crippen LogP contribution in [-0.4, -0.2) is 51.5 Å². The number of rotatable bonds is 4. The number of benzene rings is 1. The zero-order valence-corrected chi connectivity index (χ0v) is 17.6. The number of carbonyl (C=O) groups is 1. The third kappa shape index (κ3) is 3.34. The van der Waals surface area contributed by atoms with E-state index in [2.05, 4.69) is 9.97 Å². The van der Waals surface area contributed by atoms with Gasteiger partial charge in [0.2, 0.25) is 5.95 Å². The smallest absolute Gasteiger partial charge is 0.255 e. The first-order valence-corrected chi connectivity index (χ1v) is 10.3. The molecule has 0 radical (unpaired) electrons. The minimum atomic E-state index is -0.542. The first-order chi connectivity index (χ1) is 15.3. The van der Waals surface area contributed by atoms with Gasteiger partial charge in [0.25, 0.3) is 11.5 Å². The maximum Gasteiger partial charge on any atom is 0.255 e. The maximum absolute atomic E-state index is 14.2. The van der Waals surface area contributed by atoms with Gasteiger partial charge in [-0.25, -0.2) is 13.8 Å². The van der Waals surface area contributed by atoms with Gasteiger partial charge in [0.05, 0.1) is 11.9 Å². The van der Waals surface area contributed by atoms with Gasteiger partial charge < -0.3 is 9.80 Å². The lowest BCUT2D eigenvalue weighted by molar-refractivity contribution is 0.0772. The summed E-state index contributed by atoms with van der Waals surface area (Å²) in [7, 11) is 3.50. The summed E-state index contributed by atoms with van der Waals surface area (Å²) in [5.74, 6) is -0.0800. The van der Waals surface area contributed by atoms with Gasteiger partial charge in [0, 0.05) is 68.5 Å². The van der Waals surface area contributed by atoms with Crippen molar-refractivity contribution in [2.24, 2.45) is 18.9 Å². The second-order valence-electron chi connectivity index (χ2n) is 8.34. The summed E-state index contributed by atoms with van der Waals surface area (Å²) in [6, 6.07) is 8.49. The zero-order chi connectivity index (χ0) is 22.6. The summed E-state index contributed by atoms with van der Waals surface area (Å²) < 4.78 is 28.8. The number of hydrogen-bond donors (Lipinski definition) is 0. The Balaban J connectivity index is 1.34. The van der Waals surface area contributed by atoms with Crippen molar-refractivity contribution < 1.29 is 13.6 Å². The molecular weight excluding hydrogens is 416 g/mol. The van der Waals surface area contributed by atoms with Crippen LogP contribution in [0.25, 0.3) is 11.3 Å². The van der Waals surface area contributed by atoms with Gasteiger partial charge >= 0.3 is 0 Å². The summed E-state index contributed by atoms with van der Waals surface area (Å²) in [6.07, 6.45) is 2.55. The molecule has 32 heavy (non-hydrogen) atoms. The summed E-state index contributed by atoms with van der Waals surface area (Å²) in [5, 5.41) is 0. The molecule has 9 heteroatoms. The molecule has 5 rings (SSSR count). The molecule has 2 aromatic heterocycles. The Morgan fingerprint density at radius 1 is 1.12 bits per heavy atom. The number of aromatic nitrogens is 3. The van der Waals surface area contributed by atoms with Gasteiger partial charge in [-0.2, -0.15) is 0 Å². The van der Waals surface area contributed by atoms with Crippen LogP contribution in [0.4, 0.5) is 14.7 Å². The van der Waals surface area contributed by atoms with Gasteiger partial charge in [-0.15, -0.1) is 0 Å². The minimum absolute atomic E-state index is 0.112. The van der Waals surface area contributed by atoms with E-state index < -0.39 is 5.82 Å². The molecule has 1 saturated carbocycles. The van der Waals surface area contributed by atoms with Crippen LogP contribution in [0, 0.1) is 23.5 Å². The molecule has 164 valence electrons. The number of pyridine rings is 1. The van der Waals surface area contributed by atoms with Crippen LogP contribution in [0.5, 0.6) is 0 Å². The Morgan fingerprint density at radius 3 is 2.47 bits per heavy atom. The molecular formula is C23H21F2N5O2. The van der Waals surface area contributed by atoms with Crippen molar-refractivity contribution in [1.82, 2.24) is 19.4 Å². The third-order valence-electron chi connectivity index (χ3n) is 6.45. The largest absolute Gasteiger partial charge is 0.342 e. The van der Waals surface area contributed by atoms with E-state index in [1.54, 1.807) is 11.9 Å². The van der Waals surface area contributed by atoms with Crippen LogP contribution >= 0.6 is 0 Å². The van der Waals surface area contributed by atoms with Gasteiger partial charge in [0.1, 0.15) is 5.82 Å². The number of anilines is 1. The fraction of sp³-hybridized carbons (Fsp3) is 0.304. The third-order valence-corrected chi connectivity index (χ3v) is 6.45. The molecule has 0 N–H and O–H groups in total. The van der Waals surface area contributed by atoms with Gasteiger partial charge in [-0.1, -0.05) is 0 Å². The molecule has 0 unspecified atom stereocenters. The highest BCUT2D eigenvalue weighted by molar-refractivity contribution is 5.94. The molecule has 1 aliphatic heterocycles. The number of carbonyl (C=O) groups excluding carboxylic acids is 1. The maximum atomic E-state index is 14.2. The molecule has 1 aromatic carbocycles. The van der Waals surface area contributed by atoms with Crippen molar-refractivity contribution >= 4 is 11.9 Å². The van der Waals surface area contributed by atoms with Crippen LogP contribution in [0.3, 0.4) is 0 Å². The average Bonchev–Trinajstić information content (AvgIpc) is 3.28. The molecule has 3 aromatic rings. The van der Waals surface area contributed by atoms with E-state index in [0.717, 1.165) is 6.20 Å². The Labute approximate surface area is 182 Å². The van der Waals surface area contributed by atoms with Gasteiger partial charge in [0.15, 0.2) is 5.82 Å². The molecule has 1 amide bonds. The SMILES string of the molecule is CN(c1nc(-c2ccncc2F)cc(=O)n1C)[C@H]1[C@@H]2CN(C(=O)c3ccc(F)cc3)C[C@@H]21. The molecule has 1 saturated heterocycles. The molecule has 1 aliphatic carbocycles. The molecule has 3 heterocycles. The number of nitrogens with zero attached hydrogens (tertiary/aromatic N) is 5. The predicted octanol–water partition coefficient (Wildman–Crippen LogP) is 2.33. The molecule has 2 aliphatic rings. The van der Waals surface area contributed by atoms with E-state index in [0.29, 0.717) is 24.6 Å². The highest BCUT2D eigenvalue weighted by atomic mass is 19.1. The van der Waals surface area contributed by atoms with Crippen molar-refractivity contribution in [2.75, 3.05) is 25.0 Å². The number of hydrogen-bond acceptors (Lipinski definition) is 5. The topological polar surface area (TPSA) is 71.3 Å². The van der Waals surface area contributed by atoms with Crippen LogP contribution in [0.15, 0.2) is 53.6 Å². The first kappa shape index (κ1) is 20.3. The van der Waals surface area contributed by atoms with Gasteiger partial charge in [-0.05, 0) is 30.3 Å². The Kier molecular flexibility index (Phi) is 4.76. The number of fused-ring (bicyclic) bond motifs is 1.